The smallest absolute Gasteiger partial charge is 0.192 e. The zero-order valence-corrected chi connectivity index (χ0v) is 21.6. The van der Waals surface area contributed by atoms with Crippen molar-refractivity contribution in [1.29, 1.82) is 0 Å². The van der Waals surface area contributed by atoms with Gasteiger partial charge in [0.05, 0.1) is 17.5 Å². The zero-order chi connectivity index (χ0) is 21.4. The molecule has 0 spiro atoms. The van der Waals surface area contributed by atoms with Crippen molar-refractivity contribution in [2.24, 2.45) is 10.9 Å². The molecule has 0 aliphatic heterocycles. The van der Waals surface area contributed by atoms with Gasteiger partial charge in [-0.2, -0.15) is 0 Å². The van der Waals surface area contributed by atoms with Crippen LogP contribution in [0.4, 0.5) is 0 Å². The van der Waals surface area contributed by atoms with Gasteiger partial charge in [0.15, 0.2) is 15.8 Å². The van der Waals surface area contributed by atoms with Crippen molar-refractivity contribution in [3.05, 3.63) is 65.2 Å². The Morgan fingerprint density at radius 2 is 1.53 bits per heavy atom. The van der Waals surface area contributed by atoms with Gasteiger partial charge in [-0.3, -0.25) is 0 Å². The fourth-order valence-corrected chi connectivity index (χ4v) is 3.67. The minimum Gasteiger partial charge on any atom is -0.357 e. The molecule has 0 radical (unpaired) electrons. The normalized spacial score (nSPS) is 12.9. The molecule has 0 aliphatic carbocycles. The average Bonchev–Trinajstić information content (AvgIpc) is 2.66. The third-order valence-electron chi connectivity index (χ3n) is 4.59. The van der Waals surface area contributed by atoms with Crippen LogP contribution in [-0.4, -0.2) is 27.2 Å². The predicted molar refractivity (Wildman–Crippen MR) is 136 cm³/mol. The molecule has 30 heavy (non-hydrogen) atoms. The minimum absolute atomic E-state index is 0. The maximum atomic E-state index is 11.6. The molecule has 1 atom stereocenters. The van der Waals surface area contributed by atoms with Crippen LogP contribution in [0.25, 0.3) is 0 Å². The molecule has 0 fully saturated rings. The summed E-state index contributed by atoms with van der Waals surface area (Å²) in [5.41, 5.74) is 3.52. The molecule has 0 bridgehead atoms. The number of guanidine groups is 1. The highest BCUT2D eigenvalue weighted by Crippen LogP contribution is 2.16. The summed E-state index contributed by atoms with van der Waals surface area (Å²) in [7, 11) is -3.18. The molecule has 2 aromatic rings. The van der Waals surface area contributed by atoms with Crippen molar-refractivity contribution in [2.75, 3.05) is 12.8 Å². The summed E-state index contributed by atoms with van der Waals surface area (Å²) in [6.45, 7) is 9.84. The lowest BCUT2D eigenvalue weighted by Gasteiger charge is -2.19. The Balaban J connectivity index is 0.00000450. The summed E-state index contributed by atoms with van der Waals surface area (Å²) in [5, 5.41) is 6.71. The lowest BCUT2D eigenvalue weighted by atomic mass is 10.00. The van der Waals surface area contributed by atoms with Crippen LogP contribution in [0.3, 0.4) is 0 Å². The molecule has 0 aliphatic rings. The second-order valence-corrected chi connectivity index (χ2v) is 9.83. The number of nitrogens with zero attached hydrogens (tertiary/aromatic N) is 1. The summed E-state index contributed by atoms with van der Waals surface area (Å²) in [5.74, 6) is 1.38. The first-order chi connectivity index (χ1) is 13.7. The van der Waals surface area contributed by atoms with E-state index in [1.165, 1.54) is 17.4 Å². The average molecular weight is 544 g/mol. The fraction of sp³-hybridized carbons (Fsp3) is 0.435. The van der Waals surface area contributed by atoms with E-state index in [1.54, 1.807) is 24.3 Å². The lowest BCUT2D eigenvalue weighted by Crippen LogP contribution is -2.38. The summed E-state index contributed by atoms with van der Waals surface area (Å²) in [6.07, 6.45) is 2.30. The van der Waals surface area contributed by atoms with E-state index in [-0.39, 0.29) is 30.0 Å². The van der Waals surface area contributed by atoms with Gasteiger partial charge >= 0.3 is 0 Å². The molecule has 0 saturated carbocycles. The minimum atomic E-state index is -3.18. The topological polar surface area (TPSA) is 70.6 Å². The first-order valence-electron chi connectivity index (χ1n) is 10.1. The number of halogens is 1. The third-order valence-corrected chi connectivity index (χ3v) is 5.72. The number of hydrogen-bond donors (Lipinski definition) is 2. The zero-order valence-electron chi connectivity index (χ0n) is 18.5. The Kier molecular flexibility index (Phi) is 10.8. The standard InChI is InChI=1S/C23H33N3O2S.HI/c1-6-24-23(25-16-20-9-13-22(14-10-20)29(5,27)28)26-18(4)21-11-7-19(8-12-21)15-17(2)3;/h7-14,17-18H,6,15-16H2,1-5H3,(H2,24,25,26);1H. The molecule has 1 unspecified atom stereocenters. The molecule has 2 N–H and O–H groups in total. The van der Waals surface area contributed by atoms with Gasteiger partial charge < -0.3 is 10.6 Å². The van der Waals surface area contributed by atoms with E-state index in [4.69, 9.17) is 0 Å². The number of nitrogens with one attached hydrogen (secondary N) is 2. The van der Waals surface area contributed by atoms with E-state index in [2.05, 4.69) is 60.7 Å². The van der Waals surface area contributed by atoms with Crippen LogP contribution in [0.2, 0.25) is 0 Å². The molecule has 166 valence electrons. The molecule has 0 saturated heterocycles. The van der Waals surface area contributed by atoms with Gasteiger partial charge in [0, 0.05) is 12.8 Å². The van der Waals surface area contributed by atoms with E-state index >= 15 is 0 Å². The van der Waals surface area contributed by atoms with Crippen LogP contribution in [0, 0.1) is 5.92 Å². The second kappa shape index (κ2) is 12.3. The number of aliphatic imine (C=N–C) groups is 1. The highest BCUT2D eigenvalue weighted by Gasteiger charge is 2.09. The van der Waals surface area contributed by atoms with Crippen molar-refractivity contribution in [1.82, 2.24) is 10.6 Å². The SMILES string of the molecule is CCNC(=NCc1ccc(S(C)(=O)=O)cc1)NC(C)c1ccc(CC(C)C)cc1.I. The van der Waals surface area contributed by atoms with Crippen LogP contribution in [0.15, 0.2) is 58.4 Å². The fourth-order valence-electron chi connectivity index (χ4n) is 3.03. The Labute approximate surface area is 198 Å². The lowest BCUT2D eigenvalue weighted by molar-refractivity contribution is 0.602. The summed E-state index contributed by atoms with van der Waals surface area (Å²) in [6, 6.07) is 15.7. The molecule has 0 amide bonds. The van der Waals surface area contributed by atoms with Crippen LogP contribution in [-0.2, 0) is 22.8 Å². The highest BCUT2D eigenvalue weighted by atomic mass is 127. The van der Waals surface area contributed by atoms with Gasteiger partial charge in [0.1, 0.15) is 0 Å². The summed E-state index contributed by atoms with van der Waals surface area (Å²) < 4.78 is 23.2. The summed E-state index contributed by atoms with van der Waals surface area (Å²) >= 11 is 0. The van der Waals surface area contributed by atoms with Crippen LogP contribution < -0.4 is 10.6 Å². The quantitative estimate of drug-likeness (QED) is 0.287. The maximum absolute atomic E-state index is 11.6. The van der Waals surface area contributed by atoms with E-state index < -0.39 is 9.84 Å². The van der Waals surface area contributed by atoms with Crippen molar-refractivity contribution < 1.29 is 8.42 Å². The van der Waals surface area contributed by atoms with E-state index in [0.29, 0.717) is 17.4 Å². The molecule has 2 rings (SSSR count). The van der Waals surface area contributed by atoms with E-state index in [0.717, 1.165) is 24.5 Å². The first kappa shape index (κ1) is 26.4. The van der Waals surface area contributed by atoms with Gasteiger partial charge in [-0.1, -0.05) is 50.2 Å². The van der Waals surface area contributed by atoms with Crippen LogP contribution >= 0.6 is 24.0 Å². The van der Waals surface area contributed by atoms with Crippen molar-refractivity contribution in [3.8, 4) is 0 Å². The third kappa shape index (κ3) is 8.63. The first-order valence-corrected chi connectivity index (χ1v) is 12.0. The molecule has 7 heteroatoms. The molecular formula is C23H34IN3O2S. The number of sulfone groups is 1. The van der Waals surface area contributed by atoms with Crippen LogP contribution in [0.1, 0.15) is 50.4 Å². The number of hydrogen-bond acceptors (Lipinski definition) is 3. The van der Waals surface area contributed by atoms with Crippen molar-refractivity contribution >= 4 is 39.8 Å². The van der Waals surface area contributed by atoms with Gasteiger partial charge in [0.25, 0.3) is 0 Å². The number of rotatable bonds is 8. The van der Waals surface area contributed by atoms with Crippen LogP contribution in [0.5, 0.6) is 0 Å². The Morgan fingerprint density at radius 3 is 2.03 bits per heavy atom. The van der Waals surface area contributed by atoms with E-state index in [1.807, 2.05) is 6.92 Å². The Morgan fingerprint density at radius 1 is 0.967 bits per heavy atom. The molecule has 5 nitrogen and oxygen atoms in total. The monoisotopic (exact) mass is 543 g/mol. The predicted octanol–water partition coefficient (Wildman–Crippen LogP) is 4.72. The molecule has 0 aromatic heterocycles. The van der Waals surface area contributed by atoms with Crippen molar-refractivity contribution in [2.45, 2.75) is 51.6 Å². The maximum Gasteiger partial charge on any atom is 0.192 e. The highest BCUT2D eigenvalue weighted by molar-refractivity contribution is 14.0. The largest absolute Gasteiger partial charge is 0.357 e. The van der Waals surface area contributed by atoms with Crippen molar-refractivity contribution in [3.63, 3.8) is 0 Å². The number of benzene rings is 2. The molecular weight excluding hydrogens is 509 g/mol. The Hall–Kier alpha value is -1.61. The Bertz CT molecular complexity index is 908. The molecule has 2 aromatic carbocycles. The van der Waals surface area contributed by atoms with Gasteiger partial charge in [-0.25, -0.2) is 13.4 Å². The van der Waals surface area contributed by atoms with Gasteiger partial charge in [-0.05, 0) is 55.0 Å². The van der Waals surface area contributed by atoms with Gasteiger partial charge in [-0.15, -0.1) is 24.0 Å². The van der Waals surface area contributed by atoms with E-state index in [9.17, 15) is 8.42 Å². The molecule has 0 heterocycles. The van der Waals surface area contributed by atoms with Gasteiger partial charge in [0.2, 0.25) is 0 Å². The second-order valence-electron chi connectivity index (χ2n) is 7.82. The summed E-state index contributed by atoms with van der Waals surface area (Å²) in [4.78, 5) is 4.97.